The molecule has 3 atom stereocenters. The first-order valence-electron chi connectivity index (χ1n) is 8.82. The number of benzene rings is 1. The minimum absolute atomic E-state index is 0.0219. The molecule has 0 bridgehead atoms. The summed E-state index contributed by atoms with van der Waals surface area (Å²) in [6.07, 6.45) is 4.55. The Balaban J connectivity index is 1.34. The zero-order valence-electron chi connectivity index (χ0n) is 14.0. The van der Waals surface area contributed by atoms with Crippen LogP contribution in [-0.4, -0.2) is 40.3 Å². The van der Waals surface area contributed by atoms with Gasteiger partial charge in [-0.15, -0.1) is 5.10 Å². The maximum Gasteiger partial charge on any atom is 0.224 e. The number of carbonyl (C=O) groups excluding carboxylic acids is 1. The summed E-state index contributed by atoms with van der Waals surface area (Å²) in [5, 5.41) is 20.9. The van der Waals surface area contributed by atoms with Gasteiger partial charge in [-0.25, -0.2) is 0 Å². The summed E-state index contributed by atoms with van der Waals surface area (Å²) >= 11 is 0. The Hall–Kier alpha value is -2.63. The molecule has 2 heterocycles. The van der Waals surface area contributed by atoms with Gasteiger partial charge in [0, 0.05) is 31.2 Å². The van der Waals surface area contributed by atoms with Gasteiger partial charge in [0.15, 0.2) is 5.82 Å². The van der Waals surface area contributed by atoms with Crippen LogP contribution in [0.25, 0.3) is 0 Å². The smallest absolute Gasteiger partial charge is 0.224 e. The second kappa shape index (κ2) is 6.70. The predicted molar refractivity (Wildman–Crippen MR) is 94.4 cm³/mol. The zero-order chi connectivity index (χ0) is 17.2. The van der Waals surface area contributed by atoms with Gasteiger partial charge in [-0.05, 0) is 55.0 Å². The quantitative estimate of drug-likeness (QED) is 0.892. The number of aromatic hydroxyl groups is 1. The Bertz CT molecular complexity index is 752. The third kappa shape index (κ3) is 3.57. The Kier molecular flexibility index (Phi) is 4.26. The van der Waals surface area contributed by atoms with Crippen molar-refractivity contribution in [3.05, 3.63) is 48.2 Å². The first-order valence-corrected chi connectivity index (χ1v) is 8.82. The number of rotatable bonds is 4. The lowest BCUT2D eigenvalue weighted by Crippen LogP contribution is -2.48. The van der Waals surface area contributed by atoms with Gasteiger partial charge in [-0.3, -0.25) is 4.79 Å². The highest BCUT2D eigenvalue weighted by atomic mass is 16.3. The van der Waals surface area contributed by atoms with Crippen molar-refractivity contribution in [2.75, 3.05) is 18.0 Å². The number of nitrogens with one attached hydrogen (secondary N) is 1. The average Bonchev–Trinajstić information content (AvgIpc) is 3.44. The number of piperidine rings is 1. The fraction of sp³-hybridized carbons (Fsp3) is 0.421. The molecule has 6 heteroatoms. The Labute approximate surface area is 146 Å². The van der Waals surface area contributed by atoms with Crippen molar-refractivity contribution < 1.29 is 9.90 Å². The summed E-state index contributed by atoms with van der Waals surface area (Å²) in [5.41, 5.74) is 1.05. The van der Waals surface area contributed by atoms with Crippen LogP contribution in [-0.2, 0) is 4.79 Å². The molecular formula is C19H22N4O2. The number of nitrogens with zero attached hydrogens (tertiary/aromatic N) is 3. The molecule has 1 amide bonds. The summed E-state index contributed by atoms with van der Waals surface area (Å²) in [6.45, 7) is 1.72. The van der Waals surface area contributed by atoms with Crippen LogP contribution in [0.1, 0.15) is 30.7 Å². The maximum absolute atomic E-state index is 12.6. The van der Waals surface area contributed by atoms with Gasteiger partial charge < -0.3 is 15.3 Å². The summed E-state index contributed by atoms with van der Waals surface area (Å²) in [4.78, 5) is 14.7. The van der Waals surface area contributed by atoms with E-state index in [4.69, 9.17) is 0 Å². The topological polar surface area (TPSA) is 78.4 Å². The summed E-state index contributed by atoms with van der Waals surface area (Å²) in [5.74, 6) is 1.50. The number of anilines is 1. The summed E-state index contributed by atoms with van der Waals surface area (Å²) in [6, 6.07) is 11.2. The normalized spacial score (nSPS) is 25.4. The van der Waals surface area contributed by atoms with E-state index in [1.54, 1.807) is 18.3 Å². The number of amides is 1. The molecule has 1 aliphatic carbocycles. The highest BCUT2D eigenvalue weighted by molar-refractivity contribution is 5.83. The molecule has 1 saturated carbocycles. The molecule has 2 fully saturated rings. The molecular weight excluding hydrogens is 316 g/mol. The maximum atomic E-state index is 12.6. The van der Waals surface area contributed by atoms with Crippen molar-refractivity contribution in [3.63, 3.8) is 0 Å². The van der Waals surface area contributed by atoms with Crippen LogP contribution in [0.4, 0.5) is 5.82 Å². The zero-order valence-corrected chi connectivity index (χ0v) is 14.0. The minimum atomic E-state index is 0.0219. The first-order chi connectivity index (χ1) is 12.2. The van der Waals surface area contributed by atoms with Gasteiger partial charge in [0.25, 0.3) is 0 Å². The van der Waals surface area contributed by atoms with Gasteiger partial charge in [-0.1, -0.05) is 12.1 Å². The van der Waals surface area contributed by atoms with Crippen molar-refractivity contribution in [2.45, 2.75) is 31.2 Å². The van der Waals surface area contributed by atoms with E-state index in [9.17, 15) is 9.90 Å². The second-order valence-corrected chi connectivity index (χ2v) is 6.92. The van der Waals surface area contributed by atoms with E-state index in [1.807, 2.05) is 24.3 Å². The van der Waals surface area contributed by atoms with Crippen molar-refractivity contribution in [1.29, 1.82) is 0 Å². The molecule has 0 unspecified atom stereocenters. The molecule has 130 valence electrons. The van der Waals surface area contributed by atoms with Gasteiger partial charge >= 0.3 is 0 Å². The monoisotopic (exact) mass is 338 g/mol. The number of hydrogen-bond acceptors (Lipinski definition) is 5. The Morgan fingerprint density at radius 1 is 1.28 bits per heavy atom. The van der Waals surface area contributed by atoms with E-state index >= 15 is 0 Å². The van der Waals surface area contributed by atoms with E-state index < -0.39 is 0 Å². The van der Waals surface area contributed by atoms with E-state index in [0.717, 1.165) is 43.7 Å². The molecule has 25 heavy (non-hydrogen) atoms. The van der Waals surface area contributed by atoms with Gasteiger partial charge in [-0.2, -0.15) is 5.10 Å². The van der Waals surface area contributed by atoms with Crippen LogP contribution in [0.5, 0.6) is 5.75 Å². The second-order valence-electron chi connectivity index (χ2n) is 6.92. The average molecular weight is 338 g/mol. The fourth-order valence-electron chi connectivity index (χ4n) is 3.68. The van der Waals surface area contributed by atoms with E-state index in [1.165, 1.54) is 0 Å². The van der Waals surface area contributed by atoms with Crippen LogP contribution in [0.3, 0.4) is 0 Å². The van der Waals surface area contributed by atoms with Crippen LogP contribution in [0.2, 0.25) is 0 Å². The Morgan fingerprint density at radius 3 is 3.00 bits per heavy atom. The molecule has 1 aromatic heterocycles. The molecule has 0 radical (unpaired) electrons. The Morgan fingerprint density at radius 2 is 2.20 bits per heavy atom. The van der Waals surface area contributed by atoms with Gasteiger partial charge in [0.05, 0.1) is 0 Å². The van der Waals surface area contributed by atoms with Crippen molar-refractivity contribution >= 4 is 11.7 Å². The predicted octanol–water partition coefficient (Wildman–Crippen LogP) is 2.07. The van der Waals surface area contributed by atoms with E-state index in [-0.39, 0.29) is 29.5 Å². The molecule has 2 aliphatic rings. The molecule has 1 aromatic carbocycles. The van der Waals surface area contributed by atoms with E-state index in [2.05, 4.69) is 20.4 Å². The highest BCUT2D eigenvalue weighted by Crippen LogP contribution is 2.48. The summed E-state index contributed by atoms with van der Waals surface area (Å²) < 4.78 is 0. The molecule has 2 aromatic rings. The third-order valence-corrected chi connectivity index (χ3v) is 5.08. The largest absolute Gasteiger partial charge is 0.508 e. The third-order valence-electron chi connectivity index (χ3n) is 5.08. The molecule has 0 spiro atoms. The molecule has 2 N–H and O–H groups in total. The number of phenols is 1. The molecule has 1 aliphatic heterocycles. The fourth-order valence-corrected chi connectivity index (χ4v) is 3.68. The van der Waals surface area contributed by atoms with Crippen LogP contribution in [0, 0.1) is 5.92 Å². The molecule has 6 nitrogen and oxygen atoms in total. The van der Waals surface area contributed by atoms with Crippen LogP contribution < -0.4 is 10.2 Å². The van der Waals surface area contributed by atoms with Crippen molar-refractivity contribution in [1.82, 2.24) is 15.5 Å². The number of aromatic nitrogens is 2. The first kappa shape index (κ1) is 15.9. The van der Waals surface area contributed by atoms with E-state index in [0.29, 0.717) is 0 Å². The highest BCUT2D eigenvalue weighted by Gasteiger charge is 2.44. The van der Waals surface area contributed by atoms with Crippen molar-refractivity contribution in [3.8, 4) is 5.75 Å². The van der Waals surface area contributed by atoms with Crippen LogP contribution >= 0.6 is 0 Å². The van der Waals surface area contributed by atoms with Gasteiger partial charge in [0.1, 0.15) is 5.75 Å². The standard InChI is InChI=1S/C19H22N4O2/c24-15-6-1-4-13(10-15)16-11-17(16)19(25)21-14-5-3-9-23(12-14)18-7-2-8-20-22-18/h1-2,4,6-8,10,14,16-17,24H,3,5,9,11-12H2,(H,21,25)/t14-,16-,17+/m1/s1. The lowest BCUT2D eigenvalue weighted by molar-refractivity contribution is -0.123. The SMILES string of the molecule is O=C(N[C@@H]1CCCN(c2cccnn2)C1)[C@H]1C[C@@H]1c1cccc(O)c1. The van der Waals surface area contributed by atoms with Crippen LogP contribution in [0.15, 0.2) is 42.6 Å². The minimum Gasteiger partial charge on any atom is -0.508 e. The number of carbonyl (C=O) groups is 1. The number of hydrogen-bond donors (Lipinski definition) is 2. The van der Waals surface area contributed by atoms with Crippen molar-refractivity contribution in [2.24, 2.45) is 5.92 Å². The number of phenolic OH excluding ortho intramolecular Hbond substituents is 1. The molecule has 1 saturated heterocycles. The summed E-state index contributed by atoms with van der Waals surface area (Å²) in [7, 11) is 0. The molecule has 4 rings (SSSR count). The lowest BCUT2D eigenvalue weighted by Gasteiger charge is -2.33. The van der Waals surface area contributed by atoms with Gasteiger partial charge in [0.2, 0.25) is 5.91 Å². The lowest BCUT2D eigenvalue weighted by atomic mass is 10.0.